The molecule has 1 rings (SSSR count). The zero-order chi connectivity index (χ0) is 10.4. The van der Waals surface area contributed by atoms with Crippen molar-refractivity contribution in [3.63, 3.8) is 0 Å². The van der Waals surface area contributed by atoms with Crippen LogP contribution in [0, 0.1) is 5.92 Å². The highest BCUT2D eigenvalue weighted by Crippen LogP contribution is 2.24. The molecule has 0 radical (unpaired) electrons. The summed E-state index contributed by atoms with van der Waals surface area (Å²) in [6, 6.07) is 0. The summed E-state index contributed by atoms with van der Waals surface area (Å²) in [5, 5.41) is 0. The van der Waals surface area contributed by atoms with E-state index in [0.717, 1.165) is 25.7 Å². The third kappa shape index (κ3) is 3.36. The van der Waals surface area contributed by atoms with Gasteiger partial charge in [-0.1, -0.05) is 19.3 Å². The van der Waals surface area contributed by atoms with Crippen LogP contribution < -0.4 is 0 Å². The first-order chi connectivity index (χ1) is 6.74. The molecule has 1 aliphatic rings. The molecule has 0 aromatic rings. The van der Waals surface area contributed by atoms with Crippen LogP contribution in [0.4, 0.5) is 4.79 Å². The SMILES string of the molecule is CCOC(=O)OC(=O)C1CCCCC1. The summed E-state index contributed by atoms with van der Waals surface area (Å²) in [6.45, 7) is 1.91. The molecule has 4 heteroatoms. The lowest BCUT2D eigenvalue weighted by molar-refractivity contribution is -0.145. The van der Waals surface area contributed by atoms with Crippen molar-refractivity contribution in [1.82, 2.24) is 0 Å². The molecule has 80 valence electrons. The van der Waals surface area contributed by atoms with Gasteiger partial charge in [-0.2, -0.15) is 0 Å². The third-order valence-electron chi connectivity index (χ3n) is 2.38. The minimum atomic E-state index is -0.872. The lowest BCUT2D eigenvalue weighted by Crippen LogP contribution is -2.23. The Labute approximate surface area is 83.6 Å². The minimum Gasteiger partial charge on any atom is -0.434 e. The van der Waals surface area contributed by atoms with Gasteiger partial charge in [0.2, 0.25) is 0 Å². The largest absolute Gasteiger partial charge is 0.516 e. The van der Waals surface area contributed by atoms with Crippen LogP contribution in [-0.4, -0.2) is 18.7 Å². The van der Waals surface area contributed by atoms with Gasteiger partial charge in [-0.05, 0) is 19.8 Å². The van der Waals surface area contributed by atoms with E-state index in [2.05, 4.69) is 9.47 Å². The molecule has 0 atom stereocenters. The Bertz CT molecular complexity index is 206. The normalized spacial score (nSPS) is 17.5. The van der Waals surface area contributed by atoms with Crippen LogP contribution in [0.5, 0.6) is 0 Å². The molecule has 0 aromatic carbocycles. The van der Waals surface area contributed by atoms with E-state index in [1.54, 1.807) is 6.92 Å². The lowest BCUT2D eigenvalue weighted by atomic mass is 9.89. The minimum absolute atomic E-state index is 0.104. The van der Waals surface area contributed by atoms with Crippen LogP contribution in [0.15, 0.2) is 0 Å². The monoisotopic (exact) mass is 200 g/mol. The van der Waals surface area contributed by atoms with Crippen molar-refractivity contribution in [1.29, 1.82) is 0 Å². The summed E-state index contributed by atoms with van der Waals surface area (Å²) in [5.41, 5.74) is 0. The summed E-state index contributed by atoms with van der Waals surface area (Å²) in [4.78, 5) is 22.2. The lowest BCUT2D eigenvalue weighted by Gasteiger charge is -2.18. The maximum atomic E-state index is 11.4. The summed E-state index contributed by atoms with van der Waals surface area (Å²) < 4.78 is 9.05. The van der Waals surface area contributed by atoms with Gasteiger partial charge in [-0.15, -0.1) is 0 Å². The Morgan fingerprint density at radius 1 is 1.21 bits per heavy atom. The molecule has 0 aliphatic heterocycles. The summed E-state index contributed by atoms with van der Waals surface area (Å²) in [7, 11) is 0. The second-order valence-electron chi connectivity index (χ2n) is 3.44. The van der Waals surface area contributed by atoms with E-state index in [1.807, 2.05) is 0 Å². The Hall–Kier alpha value is -1.06. The number of hydrogen-bond acceptors (Lipinski definition) is 4. The zero-order valence-corrected chi connectivity index (χ0v) is 8.45. The van der Waals surface area contributed by atoms with Gasteiger partial charge in [-0.25, -0.2) is 4.79 Å². The second-order valence-corrected chi connectivity index (χ2v) is 3.44. The first-order valence-corrected chi connectivity index (χ1v) is 5.12. The van der Waals surface area contributed by atoms with Crippen LogP contribution in [0.3, 0.4) is 0 Å². The van der Waals surface area contributed by atoms with Gasteiger partial charge in [0.05, 0.1) is 12.5 Å². The first-order valence-electron chi connectivity index (χ1n) is 5.12. The molecule has 0 aromatic heterocycles. The standard InChI is InChI=1S/C10H16O4/c1-2-13-10(12)14-9(11)8-6-4-3-5-7-8/h8H,2-7H2,1H3. The highest BCUT2D eigenvalue weighted by atomic mass is 16.7. The van der Waals surface area contributed by atoms with Crippen molar-refractivity contribution < 1.29 is 19.1 Å². The zero-order valence-electron chi connectivity index (χ0n) is 8.45. The van der Waals surface area contributed by atoms with E-state index in [1.165, 1.54) is 6.42 Å². The molecule has 0 heterocycles. The predicted molar refractivity (Wildman–Crippen MR) is 49.7 cm³/mol. The summed E-state index contributed by atoms with van der Waals surface area (Å²) >= 11 is 0. The average molecular weight is 200 g/mol. The predicted octanol–water partition coefficient (Wildman–Crippen LogP) is 2.27. The van der Waals surface area contributed by atoms with Crippen LogP contribution in [0.1, 0.15) is 39.0 Å². The van der Waals surface area contributed by atoms with Crippen molar-refractivity contribution in [2.45, 2.75) is 39.0 Å². The van der Waals surface area contributed by atoms with Crippen LogP contribution in [0.25, 0.3) is 0 Å². The van der Waals surface area contributed by atoms with Gasteiger partial charge < -0.3 is 9.47 Å². The van der Waals surface area contributed by atoms with Crippen molar-refractivity contribution in [2.75, 3.05) is 6.61 Å². The fraction of sp³-hybridized carbons (Fsp3) is 0.800. The van der Waals surface area contributed by atoms with Crippen molar-refractivity contribution >= 4 is 12.1 Å². The number of esters is 1. The van der Waals surface area contributed by atoms with Crippen molar-refractivity contribution in [2.24, 2.45) is 5.92 Å². The number of rotatable bonds is 2. The highest BCUT2D eigenvalue weighted by molar-refractivity contribution is 5.83. The molecule has 4 nitrogen and oxygen atoms in total. The van der Waals surface area contributed by atoms with Gasteiger partial charge >= 0.3 is 12.1 Å². The fourth-order valence-electron chi connectivity index (χ4n) is 1.65. The second kappa shape index (κ2) is 5.62. The molecular weight excluding hydrogens is 184 g/mol. The fourth-order valence-corrected chi connectivity index (χ4v) is 1.65. The summed E-state index contributed by atoms with van der Waals surface area (Å²) in [5.74, 6) is -0.531. The molecule has 1 aliphatic carbocycles. The number of hydrogen-bond donors (Lipinski definition) is 0. The van der Waals surface area contributed by atoms with Gasteiger partial charge in [0.1, 0.15) is 0 Å². The number of carbonyl (C=O) groups is 2. The summed E-state index contributed by atoms with van der Waals surface area (Å²) in [6.07, 6.45) is 4.05. The molecule has 0 N–H and O–H groups in total. The van der Waals surface area contributed by atoms with Gasteiger partial charge in [0.25, 0.3) is 0 Å². The topological polar surface area (TPSA) is 52.6 Å². The van der Waals surface area contributed by atoms with E-state index in [0.29, 0.717) is 0 Å². The average Bonchev–Trinajstić information content (AvgIpc) is 2.19. The Morgan fingerprint density at radius 2 is 1.86 bits per heavy atom. The molecular formula is C10H16O4. The van der Waals surface area contributed by atoms with Crippen molar-refractivity contribution in [3.8, 4) is 0 Å². The molecule has 0 unspecified atom stereocenters. The Kier molecular flexibility index (Phi) is 4.43. The van der Waals surface area contributed by atoms with E-state index in [-0.39, 0.29) is 12.5 Å². The maximum Gasteiger partial charge on any atom is 0.516 e. The highest BCUT2D eigenvalue weighted by Gasteiger charge is 2.24. The first kappa shape index (κ1) is 11.0. The molecule has 0 amide bonds. The van der Waals surface area contributed by atoms with Gasteiger partial charge in [-0.3, -0.25) is 4.79 Å². The maximum absolute atomic E-state index is 11.4. The van der Waals surface area contributed by atoms with E-state index in [9.17, 15) is 9.59 Å². The molecule has 0 spiro atoms. The van der Waals surface area contributed by atoms with Crippen LogP contribution in [-0.2, 0) is 14.3 Å². The molecule has 1 fully saturated rings. The van der Waals surface area contributed by atoms with E-state index >= 15 is 0 Å². The smallest absolute Gasteiger partial charge is 0.434 e. The van der Waals surface area contributed by atoms with Crippen LogP contribution >= 0.6 is 0 Å². The number of ether oxygens (including phenoxy) is 2. The van der Waals surface area contributed by atoms with Gasteiger partial charge in [0, 0.05) is 0 Å². The number of carbonyl (C=O) groups excluding carboxylic acids is 2. The molecule has 0 saturated heterocycles. The Balaban J connectivity index is 2.29. The third-order valence-corrected chi connectivity index (χ3v) is 2.38. The quantitative estimate of drug-likeness (QED) is 0.506. The van der Waals surface area contributed by atoms with E-state index in [4.69, 9.17) is 0 Å². The molecule has 14 heavy (non-hydrogen) atoms. The molecule has 0 bridgehead atoms. The van der Waals surface area contributed by atoms with Gasteiger partial charge in [0.15, 0.2) is 0 Å². The Morgan fingerprint density at radius 3 is 2.43 bits per heavy atom. The molecule has 1 saturated carbocycles. The van der Waals surface area contributed by atoms with E-state index < -0.39 is 12.1 Å². The van der Waals surface area contributed by atoms with Crippen LogP contribution in [0.2, 0.25) is 0 Å². The van der Waals surface area contributed by atoms with Crippen molar-refractivity contribution in [3.05, 3.63) is 0 Å².